The van der Waals surface area contributed by atoms with Crippen molar-refractivity contribution in [2.45, 2.75) is 25.7 Å². The van der Waals surface area contributed by atoms with Crippen molar-refractivity contribution in [2.75, 3.05) is 12.3 Å². The van der Waals surface area contributed by atoms with Crippen molar-refractivity contribution in [2.24, 2.45) is 17.8 Å². The molecule has 2 saturated carbocycles. The molecule has 3 nitrogen and oxygen atoms in total. The van der Waals surface area contributed by atoms with Crippen LogP contribution in [0.5, 0.6) is 0 Å². The van der Waals surface area contributed by atoms with Gasteiger partial charge in [0.2, 0.25) is 5.91 Å². The van der Waals surface area contributed by atoms with Gasteiger partial charge in [-0.2, -0.15) is 0 Å². The number of halogens is 1. The normalized spacial score (nSPS) is 27.3. The van der Waals surface area contributed by atoms with Crippen LogP contribution in [-0.4, -0.2) is 12.5 Å². The van der Waals surface area contributed by atoms with Crippen LogP contribution in [0.15, 0.2) is 24.3 Å². The first-order chi connectivity index (χ1) is 8.75. The Morgan fingerprint density at radius 1 is 1.21 bits per heavy atom. The van der Waals surface area contributed by atoms with Crippen LogP contribution in [0, 0.1) is 17.8 Å². The van der Waals surface area contributed by atoms with E-state index in [2.05, 4.69) is 5.32 Å². The van der Waals surface area contributed by atoms with Gasteiger partial charge in [0.1, 0.15) is 0 Å². The van der Waals surface area contributed by atoms with Crippen LogP contribution in [0.3, 0.4) is 0 Å². The van der Waals surface area contributed by atoms with Crippen molar-refractivity contribution >= 4 is 24.0 Å². The fourth-order valence-electron chi connectivity index (χ4n) is 3.34. The maximum Gasteiger partial charge on any atom is 0.223 e. The first-order valence-corrected chi connectivity index (χ1v) is 6.88. The number of nitrogens with one attached hydrogen (secondary N) is 1. The molecule has 0 heterocycles. The molecule has 3 rings (SSSR count). The molecule has 104 valence electrons. The summed E-state index contributed by atoms with van der Waals surface area (Å²) in [5, 5.41) is 3.07. The van der Waals surface area contributed by atoms with E-state index >= 15 is 0 Å². The predicted molar refractivity (Wildman–Crippen MR) is 79.1 cm³/mol. The summed E-state index contributed by atoms with van der Waals surface area (Å²) in [7, 11) is 0. The second kappa shape index (κ2) is 5.83. The number of amides is 1. The van der Waals surface area contributed by atoms with E-state index in [1.54, 1.807) is 0 Å². The number of rotatable bonds is 4. The third-order valence-electron chi connectivity index (χ3n) is 4.40. The van der Waals surface area contributed by atoms with Crippen LogP contribution < -0.4 is 11.1 Å². The molecule has 0 saturated heterocycles. The summed E-state index contributed by atoms with van der Waals surface area (Å²) in [6.07, 6.45) is 4.74. The fraction of sp³-hybridized carbons (Fsp3) is 0.533. The Bertz CT molecular complexity index is 436. The van der Waals surface area contributed by atoms with Crippen molar-refractivity contribution < 1.29 is 4.79 Å². The average molecular weight is 281 g/mol. The molecule has 0 aromatic heterocycles. The number of hydrogen-bond donors (Lipinski definition) is 2. The quantitative estimate of drug-likeness (QED) is 0.832. The predicted octanol–water partition coefficient (Wildman–Crippen LogP) is 2.40. The molecule has 4 heteroatoms. The van der Waals surface area contributed by atoms with Crippen molar-refractivity contribution in [3.63, 3.8) is 0 Å². The van der Waals surface area contributed by atoms with Gasteiger partial charge < -0.3 is 11.1 Å². The summed E-state index contributed by atoms with van der Waals surface area (Å²) < 4.78 is 0. The van der Waals surface area contributed by atoms with E-state index < -0.39 is 0 Å². The molecule has 3 N–H and O–H groups in total. The monoisotopic (exact) mass is 280 g/mol. The molecule has 1 aromatic rings. The van der Waals surface area contributed by atoms with E-state index in [1.807, 2.05) is 24.3 Å². The zero-order chi connectivity index (χ0) is 12.5. The topological polar surface area (TPSA) is 55.1 Å². The molecule has 0 bridgehead atoms. The highest BCUT2D eigenvalue weighted by Gasteiger charge is 2.56. The number of nitrogen functional groups attached to an aromatic ring is 1. The summed E-state index contributed by atoms with van der Waals surface area (Å²) in [6, 6.07) is 7.85. The smallest absolute Gasteiger partial charge is 0.223 e. The summed E-state index contributed by atoms with van der Waals surface area (Å²) in [6.45, 7) is 0.735. The average Bonchev–Trinajstić information content (AvgIpc) is 2.86. The number of benzene rings is 1. The molecule has 0 spiro atoms. The number of carbonyl (C=O) groups excluding carboxylic acids is 1. The lowest BCUT2D eigenvalue weighted by Crippen LogP contribution is -2.28. The summed E-state index contributed by atoms with van der Waals surface area (Å²) in [5.74, 6) is 2.04. The molecule has 19 heavy (non-hydrogen) atoms. The van der Waals surface area contributed by atoms with Crippen LogP contribution in [-0.2, 0) is 11.2 Å². The Balaban J connectivity index is 0.00000133. The van der Waals surface area contributed by atoms with Crippen LogP contribution >= 0.6 is 12.4 Å². The zero-order valence-electron chi connectivity index (χ0n) is 11.0. The first-order valence-electron chi connectivity index (χ1n) is 6.88. The molecular formula is C15H21ClN2O. The third kappa shape index (κ3) is 3.03. The fourth-order valence-corrected chi connectivity index (χ4v) is 3.34. The maximum atomic E-state index is 11.9. The van der Waals surface area contributed by atoms with Gasteiger partial charge in [-0.3, -0.25) is 4.79 Å². The van der Waals surface area contributed by atoms with Crippen LogP contribution in [0.4, 0.5) is 5.69 Å². The third-order valence-corrected chi connectivity index (χ3v) is 4.40. The Morgan fingerprint density at radius 3 is 2.47 bits per heavy atom. The first kappa shape index (κ1) is 14.2. The minimum Gasteiger partial charge on any atom is -0.399 e. The number of carbonyl (C=O) groups is 1. The lowest BCUT2D eigenvalue weighted by atomic mass is 10.1. The number of fused-ring (bicyclic) bond motifs is 1. The zero-order valence-corrected chi connectivity index (χ0v) is 11.8. The number of anilines is 1. The van der Waals surface area contributed by atoms with Gasteiger partial charge in [0.05, 0.1) is 0 Å². The minimum absolute atomic E-state index is 0. The van der Waals surface area contributed by atoms with Gasteiger partial charge in [-0.25, -0.2) is 0 Å². The SMILES string of the molecule is Cl.Nc1ccc(CCNC(=O)C2C3CCCC32)cc1. The van der Waals surface area contributed by atoms with Crippen LogP contribution in [0.1, 0.15) is 24.8 Å². The molecular weight excluding hydrogens is 260 g/mol. The highest BCUT2D eigenvalue weighted by Crippen LogP contribution is 2.57. The van der Waals surface area contributed by atoms with Crippen molar-refractivity contribution in [3.05, 3.63) is 29.8 Å². The second-order valence-electron chi connectivity index (χ2n) is 5.57. The van der Waals surface area contributed by atoms with Gasteiger partial charge in [-0.05, 0) is 48.8 Å². The Hall–Kier alpha value is -1.22. The molecule has 1 amide bonds. The van der Waals surface area contributed by atoms with E-state index in [0.717, 1.165) is 18.7 Å². The van der Waals surface area contributed by atoms with E-state index in [9.17, 15) is 4.79 Å². The van der Waals surface area contributed by atoms with Gasteiger partial charge in [0, 0.05) is 18.2 Å². The molecule has 2 fully saturated rings. The molecule has 2 atom stereocenters. The van der Waals surface area contributed by atoms with Crippen molar-refractivity contribution in [1.82, 2.24) is 5.32 Å². The van der Waals surface area contributed by atoms with E-state index in [0.29, 0.717) is 17.8 Å². The number of nitrogens with two attached hydrogens (primary N) is 1. The van der Waals surface area contributed by atoms with Gasteiger partial charge in [-0.15, -0.1) is 12.4 Å². The molecule has 1 aromatic carbocycles. The summed E-state index contributed by atoms with van der Waals surface area (Å²) in [5.41, 5.74) is 7.64. The van der Waals surface area contributed by atoms with E-state index in [4.69, 9.17) is 5.73 Å². The van der Waals surface area contributed by atoms with Gasteiger partial charge in [-0.1, -0.05) is 18.6 Å². The van der Waals surface area contributed by atoms with Gasteiger partial charge >= 0.3 is 0 Å². The van der Waals surface area contributed by atoms with E-state index in [1.165, 1.54) is 24.8 Å². The lowest BCUT2D eigenvalue weighted by Gasteiger charge is -2.07. The maximum absolute atomic E-state index is 11.9. The van der Waals surface area contributed by atoms with Gasteiger partial charge in [0.25, 0.3) is 0 Å². The second-order valence-corrected chi connectivity index (χ2v) is 5.57. The van der Waals surface area contributed by atoms with Crippen molar-refractivity contribution in [1.29, 1.82) is 0 Å². The highest BCUT2D eigenvalue weighted by atomic mass is 35.5. The Kier molecular flexibility index (Phi) is 4.35. The Labute approximate surface area is 120 Å². The Morgan fingerprint density at radius 2 is 1.84 bits per heavy atom. The molecule has 2 aliphatic rings. The van der Waals surface area contributed by atoms with E-state index in [-0.39, 0.29) is 18.3 Å². The van der Waals surface area contributed by atoms with Crippen molar-refractivity contribution in [3.8, 4) is 0 Å². The van der Waals surface area contributed by atoms with Crippen LogP contribution in [0.2, 0.25) is 0 Å². The lowest BCUT2D eigenvalue weighted by molar-refractivity contribution is -0.123. The van der Waals surface area contributed by atoms with Crippen LogP contribution in [0.25, 0.3) is 0 Å². The molecule has 0 aliphatic heterocycles. The summed E-state index contributed by atoms with van der Waals surface area (Å²) >= 11 is 0. The molecule has 2 unspecified atom stereocenters. The van der Waals surface area contributed by atoms with Gasteiger partial charge in [0.15, 0.2) is 0 Å². The largest absolute Gasteiger partial charge is 0.399 e. The highest BCUT2D eigenvalue weighted by molar-refractivity contribution is 5.85. The number of hydrogen-bond acceptors (Lipinski definition) is 2. The minimum atomic E-state index is 0. The molecule has 0 radical (unpaired) electrons. The molecule has 2 aliphatic carbocycles. The summed E-state index contributed by atoms with van der Waals surface area (Å²) in [4.78, 5) is 11.9. The standard InChI is InChI=1S/C15H20N2O.ClH/c16-11-6-4-10(5-7-11)8-9-17-15(18)14-12-2-1-3-13(12)14;/h4-7,12-14H,1-3,8-9,16H2,(H,17,18);1H.